The summed E-state index contributed by atoms with van der Waals surface area (Å²) < 4.78 is 13.7. The van der Waals surface area contributed by atoms with Crippen LogP contribution in [0.25, 0.3) is 11.4 Å². The highest BCUT2D eigenvalue weighted by atomic mass is 32.2. The minimum atomic E-state index is -0.309. The highest BCUT2D eigenvalue weighted by molar-refractivity contribution is 7.99. The van der Waals surface area contributed by atoms with E-state index in [1.54, 1.807) is 25.2 Å². The third-order valence-electron chi connectivity index (χ3n) is 3.91. The summed E-state index contributed by atoms with van der Waals surface area (Å²) in [4.78, 5) is 18.2. The Hall–Kier alpha value is -2.67. The Morgan fingerprint density at radius 3 is 2.65 bits per heavy atom. The molecule has 0 atom stereocenters. The van der Waals surface area contributed by atoms with Crippen LogP contribution in [0.2, 0.25) is 0 Å². The van der Waals surface area contributed by atoms with Crippen LogP contribution < -0.4 is 0 Å². The van der Waals surface area contributed by atoms with Gasteiger partial charge < -0.3 is 4.90 Å². The highest BCUT2D eigenvalue weighted by Crippen LogP contribution is 2.20. The fourth-order valence-electron chi connectivity index (χ4n) is 2.36. The zero-order valence-corrected chi connectivity index (χ0v) is 15.4. The number of aromatic amines is 1. The molecule has 0 unspecified atom stereocenters. The van der Waals surface area contributed by atoms with Crippen molar-refractivity contribution in [1.82, 2.24) is 20.1 Å². The first-order valence-corrected chi connectivity index (χ1v) is 9.11. The van der Waals surface area contributed by atoms with Gasteiger partial charge in [-0.25, -0.2) is 9.37 Å². The summed E-state index contributed by atoms with van der Waals surface area (Å²) in [5.41, 5.74) is 2.61. The molecule has 1 amide bonds. The number of benzene rings is 2. The number of amides is 1. The Bertz CT molecular complexity index is 895. The lowest BCUT2D eigenvalue weighted by Crippen LogP contribution is -2.28. The maximum Gasteiger partial charge on any atom is 0.233 e. The summed E-state index contributed by atoms with van der Waals surface area (Å²) in [6.45, 7) is 2.25. The van der Waals surface area contributed by atoms with Crippen LogP contribution in [0.5, 0.6) is 0 Å². The molecule has 0 radical (unpaired) electrons. The van der Waals surface area contributed by atoms with Gasteiger partial charge in [-0.2, -0.15) is 0 Å². The Labute approximate surface area is 155 Å². The number of halogens is 1. The van der Waals surface area contributed by atoms with E-state index in [-0.39, 0.29) is 24.0 Å². The predicted molar refractivity (Wildman–Crippen MR) is 100 cm³/mol. The molecule has 134 valence electrons. The smallest absolute Gasteiger partial charge is 0.233 e. The molecule has 0 aliphatic carbocycles. The summed E-state index contributed by atoms with van der Waals surface area (Å²) in [7, 11) is 1.66. The van der Waals surface area contributed by atoms with Crippen LogP contribution in [-0.2, 0) is 11.3 Å². The molecule has 0 saturated carbocycles. The third-order valence-corrected chi connectivity index (χ3v) is 4.74. The molecule has 0 bridgehead atoms. The number of rotatable bonds is 6. The Kier molecular flexibility index (Phi) is 5.68. The monoisotopic (exact) mass is 370 g/mol. The van der Waals surface area contributed by atoms with Crippen LogP contribution in [0.4, 0.5) is 4.39 Å². The van der Waals surface area contributed by atoms with Gasteiger partial charge in [0.2, 0.25) is 11.1 Å². The van der Waals surface area contributed by atoms with E-state index in [0.717, 1.165) is 5.56 Å². The normalized spacial score (nSPS) is 10.7. The average Bonchev–Trinajstić information content (AvgIpc) is 3.11. The lowest BCUT2D eigenvalue weighted by atomic mass is 10.1. The fourth-order valence-corrected chi connectivity index (χ4v) is 3.10. The lowest BCUT2D eigenvalue weighted by molar-refractivity contribution is -0.127. The summed E-state index contributed by atoms with van der Waals surface area (Å²) in [5, 5.41) is 7.53. The topological polar surface area (TPSA) is 61.9 Å². The van der Waals surface area contributed by atoms with Gasteiger partial charge in [-0.3, -0.25) is 9.89 Å². The number of carbonyl (C=O) groups is 1. The summed E-state index contributed by atoms with van der Waals surface area (Å²) in [6.07, 6.45) is 0. The maximum atomic E-state index is 13.7. The van der Waals surface area contributed by atoms with Gasteiger partial charge in [-0.15, -0.1) is 5.10 Å². The second-order valence-corrected chi connectivity index (χ2v) is 6.91. The van der Waals surface area contributed by atoms with Crippen LogP contribution in [-0.4, -0.2) is 38.8 Å². The number of thioether (sulfide) groups is 1. The van der Waals surface area contributed by atoms with Crippen LogP contribution in [0.3, 0.4) is 0 Å². The second kappa shape index (κ2) is 8.14. The van der Waals surface area contributed by atoms with Gasteiger partial charge in [0.25, 0.3) is 0 Å². The Morgan fingerprint density at radius 1 is 1.19 bits per heavy atom. The van der Waals surface area contributed by atoms with Crippen LogP contribution in [0.15, 0.2) is 53.7 Å². The van der Waals surface area contributed by atoms with Crippen molar-refractivity contribution in [3.05, 3.63) is 65.5 Å². The molecule has 0 spiro atoms. The molecule has 1 heterocycles. The van der Waals surface area contributed by atoms with Crippen LogP contribution >= 0.6 is 11.8 Å². The van der Waals surface area contributed by atoms with E-state index < -0.39 is 0 Å². The Balaban J connectivity index is 1.56. The van der Waals surface area contributed by atoms with Gasteiger partial charge in [0, 0.05) is 24.7 Å². The molecule has 3 aromatic rings. The van der Waals surface area contributed by atoms with Crippen molar-refractivity contribution < 1.29 is 9.18 Å². The van der Waals surface area contributed by atoms with Crippen molar-refractivity contribution in [2.24, 2.45) is 0 Å². The zero-order valence-electron chi connectivity index (χ0n) is 14.6. The highest BCUT2D eigenvalue weighted by Gasteiger charge is 2.14. The molecule has 1 N–H and O–H groups in total. The van der Waals surface area contributed by atoms with E-state index in [2.05, 4.69) is 15.2 Å². The number of carbonyl (C=O) groups excluding carboxylic acids is 1. The van der Waals surface area contributed by atoms with E-state index in [1.165, 1.54) is 28.3 Å². The third kappa shape index (κ3) is 4.49. The van der Waals surface area contributed by atoms with Gasteiger partial charge in [0.05, 0.1) is 5.75 Å². The SMILES string of the molecule is Cc1ccc(-c2nc(SCC(=O)N(C)Cc3ccccc3F)n[nH]2)cc1. The first-order valence-electron chi connectivity index (χ1n) is 8.12. The summed E-state index contributed by atoms with van der Waals surface area (Å²) >= 11 is 1.25. The number of H-pyrrole nitrogens is 1. The first-order chi connectivity index (χ1) is 12.5. The van der Waals surface area contributed by atoms with Crippen molar-refractivity contribution in [3.63, 3.8) is 0 Å². The molecule has 2 aromatic carbocycles. The molecule has 0 fully saturated rings. The van der Waals surface area contributed by atoms with Crippen molar-refractivity contribution in [2.45, 2.75) is 18.6 Å². The van der Waals surface area contributed by atoms with Crippen LogP contribution in [0.1, 0.15) is 11.1 Å². The summed E-state index contributed by atoms with van der Waals surface area (Å²) in [5.74, 6) is 0.437. The Morgan fingerprint density at radius 2 is 1.92 bits per heavy atom. The first kappa shape index (κ1) is 18.1. The largest absolute Gasteiger partial charge is 0.341 e. The number of aryl methyl sites for hydroxylation is 1. The molecule has 3 rings (SSSR count). The number of aromatic nitrogens is 3. The van der Waals surface area contributed by atoms with Crippen molar-refractivity contribution in [1.29, 1.82) is 0 Å². The fraction of sp³-hybridized carbons (Fsp3) is 0.211. The molecule has 0 aliphatic rings. The maximum absolute atomic E-state index is 13.7. The molecular formula is C19H19FN4OS. The molecule has 5 nitrogen and oxygen atoms in total. The van der Waals surface area contributed by atoms with Crippen molar-refractivity contribution in [3.8, 4) is 11.4 Å². The standard InChI is InChI=1S/C19H19FN4OS/c1-13-7-9-14(10-8-13)18-21-19(23-22-18)26-12-17(25)24(2)11-15-5-3-4-6-16(15)20/h3-10H,11-12H2,1-2H3,(H,21,22,23). The quantitative estimate of drug-likeness (QED) is 0.673. The van der Waals surface area contributed by atoms with Crippen LogP contribution in [0, 0.1) is 12.7 Å². The van der Waals surface area contributed by atoms with E-state index in [0.29, 0.717) is 16.5 Å². The van der Waals surface area contributed by atoms with Gasteiger partial charge in [0.15, 0.2) is 5.82 Å². The number of hydrogen-bond acceptors (Lipinski definition) is 4. The molecule has 1 aromatic heterocycles. The number of nitrogens with zero attached hydrogens (tertiary/aromatic N) is 3. The zero-order chi connectivity index (χ0) is 18.5. The van der Waals surface area contributed by atoms with Crippen molar-refractivity contribution in [2.75, 3.05) is 12.8 Å². The number of nitrogens with one attached hydrogen (secondary N) is 1. The van der Waals surface area contributed by atoms with Gasteiger partial charge in [-0.05, 0) is 13.0 Å². The molecule has 0 aliphatic heterocycles. The predicted octanol–water partition coefficient (Wildman–Crippen LogP) is 3.67. The van der Waals surface area contributed by atoms with Gasteiger partial charge in [0.1, 0.15) is 5.82 Å². The van der Waals surface area contributed by atoms with Crippen molar-refractivity contribution >= 4 is 17.7 Å². The van der Waals surface area contributed by atoms with E-state index in [1.807, 2.05) is 31.2 Å². The minimum absolute atomic E-state index is 0.111. The van der Waals surface area contributed by atoms with Gasteiger partial charge >= 0.3 is 0 Å². The van der Waals surface area contributed by atoms with E-state index >= 15 is 0 Å². The van der Waals surface area contributed by atoms with E-state index in [4.69, 9.17) is 0 Å². The molecule has 0 saturated heterocycles. The molecule has 26 heavy (non-hydrogen) atoms. The van der Waals surface area contributed by atoms with E-state index in [9.17, 15) is 9.18 Å². The molecular weight excluding hydrogens is 351 g/mol. The minimum Gasteiger partial charge on any atom is -0.341 e. The van der Waals surface area contributed by atoms with Gasteiger partial charge in [-0.1, -0.05) is 59.8 Å². The lowest BCUT2D eigenvalue weighted by Gasteiger charge is -2.17. The molecule has 7 heteroatoms. The summed E-state index contributed by atoms with van der Waals surface area (Å²) in [6, 6.07) is 14.4. The second-order valence-electron chi connectivity index (χ2n) is 5.96. The average molecular weight is 370 g/mol. The number of hydrogen-bond donors (Lipinski definition) is 1.